The molecule has 1 atom stereocenters. The minimum Gasteiger partial charge on any atom is -0.372 e. The Labute approximate surface area is 204 Å². The van der Waals surface area contributed by atoms with E-state index >= 15 is 0 Å². The summed E-state index contributed by atoms with van der Waals surface area (Å²) >= 11 is 0. The number of carbonyl (C=O) groups excluding carboxylic acids is 2. The lowest BCUT2D eigenvalue weighted by Gasteiger charge is -2.27. The first-order valence-electron chi connectivity index (χ1n) is 10.7. The van der Waals surface area contributed by atoms with Gasteiger partial charge in [-0.05, 0) is 30.2 Å². The van der Waals surface area contributed by atoms with E-state index < -0.39 is 59.9 Å². The van der Waals surface area contributed by atoms with Gasteiger partial charge in [-0.15, -0.1) is 0 Å². The van der Waals surface area contributed by atoms with Gasteiger partial charge in [0.2, 0.25) is 5.91 Å². The Morgan fingerprint density at radius 2 is 1.76 bits per heavy atom. The van der Waals surface area contributed by atoms with E-state index in [1.165, 1.54) is 25.1 Å². The molecule has 3 rings (SSSR count). The molecule has 0 saturated heterocycles. The Bertz CT molecular complexity index is 1210. The second-order valence-corrected chi connectivity index (χ2v) is 8.60. The molecule has 15 heteroatoms. The Kier molecular flexibility index (Phi) is 7.39. The van der Waals surface area contributed by atoms with Crippen molar-refractivity contribution < 1.29 is 49.5 Å². The first-order valence-corrected chi connectivity index (χ1v) is 10.7. The van der Waals surface area contributed by atoms with Crippen molar-refractivity contribution in [1.29, 1.82) is 0 Å². The molecule has 0 spiro atoms. The Hall–Kier alpha value is -3.52. The number of amides is 1. The number of aromatic nitrogens is 2. The van der Waals surface area contributed by atoms with Crippen molar-refractivity contribution in [1.82, 2.24) is 15.5 Å². The van der Waals surface area contributed by atoms with Crippen LogP contribution in [0, 0.1) is 6.92 Å². The molecule has 1 amide bonds. The number of H-pyrrole nitrogens is 1. The van der Waals surface area contributed by atoms with Crippen LogP contribution in [0.3, 0.4) is 0 Å². The molecule has 2 N–H and O–H groups in total. The van der Waals surface area contributed by atoms with Crippen molar-refractivity contribution in [3.05, 3.63) is 52.3 Å². The molecular formula is C22H20F8N4O3. The van der Waals surface area contributed by atoms with Crippen molar-refractivity contribution in [2.75, 3.05) is 6.54 Å². The highest BCUT2D eigenvalue weighted by molar-refractivity contribution is 6.04. The van der Waals surface area contributed by atoms with Crippen LogP contribution in [-0.4, -0.2) is 46.2 Å². The maximum Gasteiger partial charge on any atom is 0.437 e. The molecule has 0 aliphatic carbocycles. The SMILES string of the molecule is Cc1cc(C2=NOC(c3cc(C(F)(F)F)n[nH]3)(C(F)(F)F)C2)ccc1C(=O)CCC(=O)NCC(C)(F)F. The molecule has 37 heavy (non-hydrogen) atoms. The quantitative estimate of drug-likeness (QED) is 0.362. The lowest BCUT2D eigenvalue weighted by Crippen LogP contribution is -2.43. The maximum absolute atomic E-state index is 14.0. The predicted octanol–water partition coefficient (Wildman–Crippen LogP) is 5.05. The number of oxime groups is 1. The number of Topliss-reactive ketones (excluding diaryl/α,β-unsaturated/α-hetero) is 1. The first kappa shape index (κ1) is 28.1. The van der Waals surface area contributed by atoms with Gasteiger partial charge in [-0.2, -0.15) is 31.4 Å². The summed E-state index contributed by atoms with van der Waals surface area (Å²) in [6, 6.07) is 4.12. The van der Waals surface area contributed by atoms with Crippen LogP contribution in [0.1, 0.15) is 59.1 Å². The summed E-state index contributed by atoms with van der Waals surface area (Å²) in [4.78, 5) is 28.8. The zero-order chi connectivity index (χ0) is 27.8. The Balaban J connectivity index is 1.74. The lowest BCUT2D eigenvalue weighted by molar-refractivity contribution is -0.277. The van der Waals surface area contributed by atoms with Crippen LogP contribution in [0.25, 0.3) is 0 Å². The number of aromatic amines is 1. The molecule has 1 aliphatic rings. The molecule has 202 valence electrons. The minimum absolute atomic E-state index is 0.124. The molecule has 0 fully saturated rings. The van der Waals surface area contributed by atoms with E-state index in [9.17, 15) is 44.7 Å². The minimum atomic E-state index is -5.17. The van der Waals surface area contributed by atoms with Crippen LogP contribution < -0.4 is 5.32 Å². The van der Waals surface area contributed by atoms with Crippen molar-refractivity contribution >= 4 is 17.4 Å². The predicted molar refractivity (Wildman–Crippen MR) is 112 cm³/mol. The third-order valence-electron chi connectivity index (χ3n) is 5.52. The number of hydrogen-bond donors (Lipinski definition) is 2. The summed E-state index contributed by atoms with van der Waals surface area (Å²) in [5.41, 5.74) is -5.42. The molecular weight excluding hydrogens is 520 g/mol. The van der Waals surface area contributed by atoms with Crippen LogP contribution >= 0.6 is 0 Å². The standard InChI is InChI=1S/C22H20F8N4O3/c1-11-7-12(3-4-13(11)15(35)5-6-18(36)31-10-19(2,23)24)14-9-20(37-34-14,22(28,29)30)16-8-17(33-32-16)21(25,26)27/h3-4,7-8H,5-6,9-10H2,1-2H3,(H,31,36)(H,32,33). The van der Waals surface area contributed by atoms with E-state index in [0.29, 0.717) is 12.5 Å². The number of alkyl halides is 8. The normalized spacial score (nSPS) is 18.4. The van der Waals surface area contributed by atoms with Gasteiger partial charge < -0.3 is 10.2 Å². The van der Waals surface area contributed by atoms with E-state index in [2.05, 4.69) is 15.1 Å². The smallest absolute Gasteiger partial charge is 0.372 e. The van der Waals surface area contributed by atoms with Crippen molar-refractivity contribution in [3.63, 3.8) is 0 Å². The van der Waals surface area contributed by atoms with E-state index in [0.717, 1.165) is 0 Å². The molecule has 0 radical (unpaired) electrons. The van der Waals surface area contributed by atoms with Crippen LogP contribution in [-0.2, 0) is 21.4 Å². The number of benzene rings is 1. The third kappa shape index (κ3) is 6.25. The summed E-state index contributed by atoms with van der Waals surface area (Å²) < 4.78 is 106. The van der Waals surface area contributed by atoms with Gasteiger partial charge in [-0.1, -0.05) is 17.3 Å². The van der Waals surface area contributed by atoms with Crippen molar-refractivity contribution in [2.45, 2.75) is 57.0 Å². The Morgan fingerprint density at radius 3 is 2.30 bits per heavy atom. The van der Waals surface area contributed by atoms with E-state index in [1.807, 2.05) is 5.32 Å². The van der Waals surface area contributed by atoms with Gasteiger partial charge in [-0.3, -0.25) is 14.7 Å². The number of halogens is 8. The van der Waals surface area contributed by atoms with E-state index in [1.54, 1.807) is 5.10 Å². The zero-order valence-electron chi connectivity index (χ0n) is 19.3. The summed E-state index contributed by atoms with van der Waals surface area (Å²) in [5, 5.41) is 10.1. The average Bonchev–Trinajstić information content (AvgIpc) is 3.43. The number of carbonyl (C=O) groups is 2. The summed E-state index contributed by atoms with van der Waals surface area (Å²) in [7, 11) is 0. The summed E-state index contributed by atoms with van der Waals surface area (Å²) in [6.45, 7) is 1.22. The number of rotatable bonds is 8. The fourth-order valence-electron chi connectivity index (χ4n) is 3.57. The number of aryl methyl sites for hydroxylation is 1. The van der Waals surface area contributed by atoms with Gasteiger partial charge in [0.1, 0.15) is 0 Å². The van der Waals surface area contributed by atoms with Gasteiger partial charge in [-0.25, -0.2) is 8.78 Å². The van der Waals surface area contributed by atoms with Gasteiger partial charge >= 0.3 is 12.4 Å². The van der Waals surface area contributed by atoms with E-state index in [-0.39, 0.29) is 35.7 Å². The molecule has 1 aromatic carbocycles. The van der Waals surface area contributed by atoms with Gasteiger partial charge in [0.15, 0.2) is 11.5 Å². The number of nitrogens with zero attached hydrogens (tertiary/aromatic N) is 2. The second-order valence-electron chi connectivity index (χ2n) is 8.60. The molecule has 1 aromatic heterocycles. The Morgan fingerprint density at radius 1 is 1.08 bits per heavy atom. The highest BCUT2D eigenvalue weighted by Crippen LogP contribution is 2.49. The molecule has 7 nitrogen and oxygen atoms in total. The molecule has 0 bridgehead atoms. The zero-order valence-corrected chi connectivity index (χ0v) is 19.3. The molecule has 2 aromatic rings. The van der Waals surface area contributed by atoms with Crippen molar-refractivity contribution in [3.8, 4) is 0 Å². The highest BCUT2D eigenvalue weighted by atomic mass is 19.4. The first-order chi connectivity index (χ1) is 16.9. The number of hydrogen-bond acceptors (Lipinski definition) is 5. The molecule has 0 saturated carbocycles. The molecule has 2 heterocycles. The fraction of sp³-hybridized carbons (Fsp3) is 0.455. The summed E-state index contributed by atoms with van der Waals surface area (Å²) in [6.07, 6.45) is -11.8. The van der Waals surface area contributed by atoms with Gasteiger partial charge in [0.25, 0.3) is 11.5 Å². The molecule has 1 aliphatic heterocycles. The van der Waals surface area contributed by atoms with Crippen LogP contribution in [0.15, 0.2) is 29.4 Å². The lowest BCUT2D eigenvalue weighted by atomic mass is 9.89. The van der Waals surface area contributed by atoms with Crippen LogP contribution in [0.2, 0.25) is 0 Å². The average molecular weight is 540 g/mol. The monoisotopic (exact) mass is 540 g/mol. The van der Waals surface area contributed by atoms with Gasteiger partial charge in [0.05, 0.1) is 24.4 Å². The maximum atomic E-state index is 14.0. The number of nitrogens with one attached hydrogen (secondary N) is 2. The second kappa shape index (κ2) is 9.74. The van der Waals surface area contributed by atoms with E-state index in [4.69, 9.17) is 0 Å². The van der Waals surface area contributed by atoms with Crippen molar-refractivity contribution in [2.24, 2.45) is 5.16 Å². The summed E-state index contributed by atoms with van der Waals surface area (Å²) in [5.74, 6) is -4.37. The highest BCUT2D eigenvalue weighted by Gasteiger charge is 2.64. The van der Waals surface area contributed by atoms with Crippen LogP contribution in [0.5, 0.6) is 0 Å². The van der Waals surface area contributed by atoms with Gasteiger partial charge in [0, 0.05) is 25.3 Å². The van der Waals surface area contributed by atoms with Crippen LogP contribution in [0.4, 0.5) is 35.1 Å². The largest absolute Gasteiger partial charge is 0.437 e. The topological polar surface area (TPSA) is 96.4 Å². The number of ketones is 1. The third-order valence-corrected chi connectivity index (χ3v) is 5.52. The fourth-order valence-corrected chi connectivity index (χ4v) is 3.57. The molecule has 1 unspecified atom stereocenters.